The summed E-state index contributed by atoms with van der Waals surface area (Å²) in [5.41, 5.74) is -2.15. The molecule has 0 aliphatic rings. The van der Waals surface area contributed by atoms with Gasteiger partial charge in [0.05, 0.1) is 22.6 Å². The zero-order valence-corrected chi connectivity index (χ0v) is 12.6. The van der Waals surface area contributed by atoms with Crippen molar-refractivity contribution in [3.8, 4) is 0 Å². The fraction of sp³-hybridized carbons (Fsp3) is 0.364. The lowest BCUT2D eigenvalue weighted by Crippen LogP contribution is -2.42. The number of benzene rings is 1. The molecule has 0 aromatic heterocycles. The number of alkyl halides is 6. The van der Waals surface area contributed by atoms with Gasteiger partial charge in [-0.05, 0) is 25.1 Å². The molecule has 1 aromatic carbocycles. The van der Waals surface area contributed by atoms with E-state index in [9.17, 15) is 39.6 Å². The van der Waals surface area contributed by atoms with E-state index in [4.69, 9.17) is 0 Å². The molecule has 0 aliphatic carbocycles. The van der Waals surface area contributed by atoms with Gasteiger partial charge in [-0.25, -0.2) is 18.6 Å². The van der Waals surface area contributed by atoms with Gasteiger partial charge in [0.1, 0.15) is 0 Å². The number of hydrazine groups is 1. The Morgan fingerprint density at radius 1 is 1.04 bits per heavy atom. The molecule has 0 bridgehead atoms. The minimum Gasteiger partial charge on any atom is -0.449 e. The lowest BCUT2D eigenvalue weighted by Gasteiger charge is -2.15. The number of nitrogens with one attached hydrogen (secondary N) is 2. The summed E-state index contributed by atoms with van der Waals surface area (Å²) in [5.74, 6) is 0. The minimum atomic E-state index is -5.21. The molecule has 0 radical (unpaired) electrons. The summed E-state index contributed by atoms with van der Waals surface area (Å²) in [6.07, 6.45) is -11.7. The molecule has 0 saturated heterocycles. The van der Waals surface area contributed by atoms with Gasteiger partial charge in [-0.1, -0.05) is 0 Å². The molecule has 0 aliphatic heterocycles. The second kappa shape index (κ2) is 6.84. The van der Waals surface area contributed by atoms with Crippen LogP contribution in [-0.4, -0.2) is 21.1 Å². The molecule has 24 heavy (non-hydrogen) atoms. The van der Waals surface area contributed by atoms with Crippen molar-refractivity contribution in [1.29, 1.82) is 0 Å². The van der Waals surface area contributed by atoms with Crippen LogP contribution in [0.4, 0.5) is 31.1 Å². The first-order chi connectivity index (χ1) is 10.8. The van der Waals surface area contributed by atoms with Gasteiger partial charge in [0, 0.05) is 0 Å². The molecule has 1 amide bonds. The van der Waals surface area contributed by atoms with Crippen molar-refractivity contribution in [2.24, 2.45) is 0 Å². The Balaban J connectivity index is 3.29. The molecule has 0 saturated carbocycles. The molecule has 6 nitrogen and oxygen atoms in total. The predicted molar refractivity (Wildman–Crippen MR) is 66.9 cm³/mol. The summed E-state index contributed by atoms with van der Waals surface area (Å²) in [6.45, 7) is 1.24. The highest BCUT2D eigenvalue weighted by atomic mass is 32.2. The zero-order chi connectivity index (χ0) is 18.8. The van der Waals surface area contributed by atoms with Crippen LogP contribution >= 0.6 is 0 Å². The molecule has 0 unspecified atom stereocenters. The van der Waals surface area contributed by atoms with Crippen molar-refractivity contribution in [3.63, 3.8) is 0 Å². The number of rotatable bonds is 4. The van der Waals surface area contributed by atoms with Gasteiger partial charge < -0.3 is 4.74 Å². The first-order valence-corrected chi connectivity index (χ1v) is 7.49. The standard InChI is InChI=1S/C11H10F6N2O4S/c1-2-23-9(20)18-19-24(21,22)8-4-6(10(12,13)14)3-7(5-8)11(15,16)17/h3-5,19H,2H2,1H3,(H,18,20). The highest BCUT2D eigenvalue weighted by molar-refractivity contribution is 7.89. The smallest absolute Gasteiger partial charge is 0.422 e. The SMILES string of the molecule is CCOC(=O)NNS(=O)(=O)c1cc(C(F)(F)F)cc(C(F)(F)F)c1. The van der Waals surface area contributed by atoms with E-state index >= 15 is 0 Å². The van der Waals surface area contributed by atoms with Crippen LogP contribution in [0.15, 0.2) is 23.1 Å². The number of carbonyl (C=O) groups is 1. The Bertz CT molecular complexity index is 682. The molecule has 0 spiro atoms. The first kappa shape index (κ1) is 20.0. The lowest BCUT2D eigenvalue weighted by atomic mass is 10.1. The fourth-order valence-corrected chi connectivity index (χ4v) is 2.32. The number of hydrogen-bond donors (Lipinski definition) is 2. The molecule has 0 atom stereocenters. The van der Waals surface area contributed by atoms with Crippen LogP contribution in [0, 0.1) is 0 Å². The Hall–Kier alpha value is -2.02. The number of carbonyl (C=O) groups excluding carboxylic acids is 1. The predicted octanol–water partition coefficient (Wildman–Crippen LogP) is 2.66. The van der Waals surface area contributed by atoms with Gasteiger partial charge in [0.15, 0.2) is 0 Å². The van der Waals surface area contributed by atoms with Gasteiger partial charge in [-0.3, -0.25) is 0 Å². The van der Waals surface area contributed by atoms with Crippen LogP contribution in [0.1, 0.15) is 18.1 Å². The Morgan fingerprint density at radius 2 is 1.50 bits per heavy atom. The number of ether oxygens (including phenoxy) is 1. The van der Waals surface area contributed by atoms with Crippen molar-refractivity contribution in [2.45, 2.75) is 24.2 Å². The molecule has 2 N–H and O–H groups in total. The first-order valence-electron chi connectivity index (χ1n) is 6.01. The maximum absolute atomic E-state index is 12.7. The maximum Gasteiger partial charge on any atom is 0.422 e. The highest BCUT2D eigenvalue weighted by Crippen LogP contribution is 2.37. The average molecular weight is 380 g/mol. The van der Waals surface area contributed by atoms with E-state index in [0.29, 0.717) is 0 Å². The van der Waals surface area contributed by atoms with E-state index in [1.54, 1.807) is 0 Å². The van der Waals surface area contributed by atoms with Crippen LogP contribution < -0.4 is 10.3 Å². The van der Waals surface area contributed by atoms with Gasteiger partial charge in [0.25, 0.3) is 10.0 Å². The van der Waals surface area contributed by atoms with Crippen molar-refractivity contribution in [1.82, 2.24) is 10.3 Å². The third kappa shape index (κ3) is 5.26. The molecule has 0 fully saturated rings. The van der Waals surface area contributed by atoms with E-state index in [-0.39, 0.29) is 24.8 Å². The van der Waals surface area contributed by atoms with Crippen LogP contribution in [0.3, 0.4) is 0 Å². The number of sulfonamides is 1. The van der Waals surface area contributed by atoms with Crippen LogP contribution in [0.5, 0.6) is 0 Å². The maximum atomic E-state index is 12.7. The summed E-state index contributed by atoms with van der Waals surface area (Å²) in [5, 5.41) is 0. The summed E-state index contributed by atoms with van der Waals surface area (Å²) in [7, 11) is -4.90. The molecule has 136 valence electrons. The molecule has 0 heterocycles. The number of halogens is 6. The van der Waals surface area contributed by atoms with Crippen LogP contribution in [-0.2, 0) is 27.1 Å². The van der Waals surface area contributed by atoms with E-state index < -0.39 is 44.5 Å². The van der Waals surface area contributed by atoms with Crippen molar-refractivity contribution < 1.29 is 44.3 Å². The average Bonchev–Trinajstić information content (AvgIpc) is 2.43. The van der Waals surface area contributed by atoms with Crippen LogP contribution in [0.2, 0.25) is 0 Å². The third-order valence-corrected chi connectivity index (χ3v) is 3.66. The van der Waals surface area contributed by atoms with Gasteiger partial charge >= 0.3 is 18.4 Å². The van der Waals surface area contributed by atoms with E-state index in [1.165, 1.54) is 17.2 Å². The van der Waals surface area contributed by atoms with Gasteiger partial charge in [-0.15, -0.1) is 4.83 Å². The second-order valence-corrected chi connectivity index (χ2v) is 5.87. The number of hydrogen-bond acceptors (Lipinski definition) is 4. The van der Waals surface area contributed by atoms with E-state index in [0.717, 1.165) is 0 Å². The van der Waals surface area contributed by atoms with Crippen LogP contribution in [0.25, 0.3) is 0 Å². The topological polar surface area (TPSA) is 84.5 Å². The second-order valence-electron chi connectivity index (χ2n) is 4.19. The minimum absolute atomic E-state index is 0.00437. The summed E-state index contributed by atoms with van der Waals surface area (Å²) in [6, 6.07) is -0.216. The Labute approximate surface area is 131 Å². The number of amides is 1. The Kier molecular flexibility index (Phi) is 5.71. The van der Waals surface area contributed by atoms with E-state index in [1.807, 2.05) is 0 Å². The largest absolute Gasteiger partial charge is 0.449 e. The zero-order valence-electron chi connectivity index (χ0n) is 11.7. The normalized spacial score (nSPS) is 12.8. The summed E-state index contributed by atoms with van der Waals surface area (Å²) >= 11 is 0. The Morgan fingerprint density at radius 3 is 1.88 bits per heavy atom. The fourth-order valence-electron chi connectivity index (χ4n) is 1.42. The molecular formula is C11H10F6N2O4S. The van der Waals surface area contributed by atoms with E-state index in [2.05, 4.69) is 4.74 Å². The van der Waals surface area contributed by atoms with Crippen molar-refractivity contribution in [3.05, 3.63) is 29.3 Å². The highest BCUT2D eigenvalue weighted by Gasteiger charge is 2.38. The third-order valence-electron chi connectivity index (χ3n) is 2.43. The molecule has 13 heteroatoms. The van der Waals surface area contributed by atoms with Gasteiger partial charge in [-0.2, -0.15) is 26.3 Å². The van der Waals surface area contributed by atoms with Crippen molar-refractivity contribution in [2.75, 3.05) is 6.61 Å². The summed E-state index contributed by atoms with van der Waals surface area (Å²) in [4.78, 5) is 11.0. The molecule has 1 rings (SSSR count). The van der Waals surface area contributed by atoms with Gasteiger partial charge in [0.2, 0.25) is 0 Å². The summed E-state index contributed by atoms with van der Waals surface area (Å²) < 4.78 is 104. The molecular weight excluding hydrogens is 370 g/mol. The monoisotopic (exact) mass is 380 g/mol. The lowest BCUT2D eigenvalue weighted by molar-refractivity contribution is -0.143. The quantitative estimate of drug-likeness (QED) is 0.621. The van der Waals surface area contributed by atoms with Crippen molar-refractivity contribution >= 4 is 16.1 Å². The molecule has 1 aromatic rings.